The van der Waals surface area contributed by atoms with Gasteiger partial charge < -0.3 is 4.90 Å². The minimum atomic E-state index is -4.36. The molecule has 2 aromatic rings. The number of benzene rings is 1. The number of aromatic nitrogens is 2. The normalized spacial score (nSPS) is 19.4. The van der Waals surface area contributed by atoms with Gasteiger partial charge in [0.05, 0.1) is 11.7 Å². The van der Waals surface area contributed by atoms with Crippen molar-refractivity contribution < 1.29 is 18.0 Å². The highest BCUT2D eigenvalue weighted by Crippen LogP contribution is 2.32. The molecule has 1 aromatic heterocycles. The van der Waals surface area contributed by atoms with Gasteiger partial charge >= 0.3 is 6.18 Å². The van der Waals surface area contributed by atoms with E-state index in [1.54, 1.807) is 18.3 Å². The van der Waals surface area contributed by atoms with Crippen LogP contribution in [-0.2, 0) is 11.3 Å². The molecule has 1 aromatic carbocycles. The van der Waals surface area contributed by atoms with Gasteiger partial charge in [0.15, 0.2) is 0 Å². The number of hydrogen-bond donors (Lipinski definition) is 0. The lowest BCUT2D eigenvalue weighted by atomic mass is 10.2. The highest BCUT2D eigenvalue weighted by Gasteiger charge is 2.47. The minimum Gasteiger partial charge on any atom is -0.329 e. The van der Waals surface area contributed by atoms with Crippen LogP contribution in [0, 0.1) is 0 Å². The summed E-state index contributed by atoms with van der Waals surface area (Å²) >= 11 is 0. The van der Waals surface area contributed by atoms with Crippen molar-refractivity contribution >= 4 is 16.8 Å². The van der Waals surface area contributed by atoms with E-state index in [1.807, 2.05) is 12.1 Å². The van der Waals surface area contributed by atoms with Crippen LogP contribution >= 0.6 is 0 Å². The van der Waals surface area contributed by atoms with Crippen molar-refractivity contribution in [3.05, 3.63) is 30.5 Å². The first-order valence-corrected chi connectivity index (χ1v) is 6.73. The van der Waals surface area contributed by atoms with Crippen LogP contribution in [-0.4, -0.2) is 39.4 Å². The fraction of sp³-hybridized carbons (Fsp3) is 0.429. The molecule has 0 bridgehead atoms. The fourth-order valence-corrected chi connectivity index (χ4v) is 2.78. The number of nitrogens with zero attached hydrogens (tertiary/aromatic N) is 3. The largest absolute Gasteiger partial charge is 0.408 e. The quantitative estimate of drug-likeness (QED) is 0.854. The van der Waals surface area contributed by atoms with Crippen molar-refractivity contribution in [3.8, 4) is 0 Å². The molecule has 4 nitrogen and oxygen atoms in total. The Hall–Kier alpha value is -2.05. The van der Waals surface area contributed by atoms with Gasteiger partial charge in [-0.1, -0.05) is 18.2 Å². The summed E-state index contributed by atoms with van der Waals surface area (Å²) in [4.78, 5) is 13.1. The van der Waals surface area contributed by atoms with E-state index >= 15 is 0 Å². The molecule has 2 heterocycles. The van der Waals surface area contributed by atoms with E-state index in [0.29, 0.717) is 6.42 Å². The molecular weight excluding hydrogens is 283 g/mol. The predicted molar refractivity (Wildman–Crippen MR) is 70.5 cm³/mol. The SMILES string of the molecule is O=C(Cn1ncc2ccccc21)N1CCC[C@H]1C(F)(F)F. The highest BCUT2D eigenvalue weighted by atomic mass is 19.4. The van der Waals surface area contributed by atoms with Gasteiger partial charge in [-0.2, -0.15) is 18.3 Å². The third-order valence-electron chi connectivity index (χ3n) is 3.79. The molecular formula is C14H14F3N3O. The number of fused-ring (bicyclic) bond motifs is 1. The van der Waals surface area contributed by atoms with E-state index in [9.17, 15) is 18.0 Å². The summed E-state index contributed by atoms with van der Waals surface area (Å²) in [7, 11) is 0. The first kappa shape index (κ1) is 13.9. The maximum absolute atomic E-state index is 12.9. The van der Waals surface area contributed by atoms with Gasteiger partial charge in [0, 0.05) is 11.9 Å². The molecule has 0 aliphatic carbocycles. The lowest BCUT2D eigenvalue weighted by Crippen LogP contribution is -2.45. The average molecular weight is 297 g/mol. The Balaban J connectivity index is 1.80. The van der Waals surface area contributed by atoms with Crippen LogP contribution in [0.15, 0.2) is 30.5 Å². The highest BCUT2D eigenvalue weighted by molar-refractivity contribution is 5.82. The summed E-state index contributed by atoms with van der Waals surface area (Å²) in [6.07, 6.45) is -2.39. The second-order valence-electron chi connectivity index (χ2n) is 5.15. The average Bonchev–Trinajstić information content (AvgIpc) is 3.05. The number of carbonyl (C=O) groups excluding carboxylic acids is 1. The van der Waals surface area contributed by atoms with Gasteiger partial charge in [0.25, 0.3) is 0 Å². The van der Waals surface area contributed by atoms with Crippen LogP contribution in [0.25, 0.3) is 10.9 Å². The van der Waals surface area contributed by atoms with Gasteiger partial charge in [-0.15, -0.1) is 0 Å². The Bertz CT molecular complexity index is 665. The van der Waals surface area contributed by atoms with Crippen molar-refractivity contribution in [2.24, 2.45) is 0 Å². The Morgan fingerprint density at radius 2 is 2.10 bits per heavy atom. The van der Waals surface area contributed by atoms with E-state index in [1.165, 1.54) is 4.68 Å². The summed E-state index contributed by atoms with van der Waals surface area (Å²) in [5.41, 5.74) is 0.744. The van der Waals surface area contributed by atoms with Crippen LogP contribution in [0.3, 0.4) is 0 Å². The molecule has 7 heteroatoms. The summed E-state index contributed by atoms with van der Waals surface area (Å²) in [5.74, 6) is -0.538. The van der Waals surface area contributed by atoms with Crippen LogP contribution in [0.4, 0.5) is 13.2 Å². The summed E-state index contributed by atoms with van der Waals surface area (Å²) in [6.45, 7) is -0.0116. The van der Waals surface area contributed by atoms with E-state index in [4.69, 9.17) is 0 Å². The van der Waals surface area contributed by atoms with Gasteiger partial charge in [-0.25, -0.2) is 0 Å². The zero-order valence-electron chi connectivity index (χ0n) is 11.2. The smallest absolute Gasteiger partial charge is 0.329 e. The molecule has 1 saturated heterocycles. The molecule has 1 amide bonds. The van der Waals surface area contributed by atoms with E-state index < -0.39 is 18.1 Å². The zero-order valence-corrected chi connectivity index (χ0v) is 11.2. The molecule has 0 N–H and O–H groups in total. The topological polar surface area (TPSA) is 38.1 Å². The molecule has 1 aliphatic heterocycles. The van der Waals surface area contributed by atoms with Gasteiger partial charge in [0.1, 0.15) is 12.6 Å². The minimum absolute atomic E-state index is 0.0188. The second kappa shape index (κ2) is 5.05. The van der Waals surface area contributed by atoms with Gasteiger partial charge in [-0.05, 0) is 18.9 Å². The van der Waals surface area contributed by atoms with E-state index in [2.05, 4.69) is 5.10 Å². The summed E-state index contributed by atoms with van der Waals surface area (Å²) in [6, 6.07) is 5.63. The van der Waals surface area contributed by atoms with E-state index in [0.717, 1.165) is 15.8 Å². The molecule has 112 valence electrons. The molecule has 1 fully saturated rings. The van der Waals surface area contributed by atoms with Crippen molar-refractivity contribution in [3.63, 3.8) is 0 Å². The van der Waals surface area contributed by atoms with Crippen LogP contribution < -0.4 is 0 Å². The predicted octanol–water partition coefficient (Wildman–Crippen LogP) is 2.59. The number of carbonyl (C=O) groups is 1. The molecule has 0 saturated carbocycles. The van der Waals surface area contributed by atoms with Gasteiger partial charge in [0.2, 0.25) is 5.91 Å². The number of halogens is 3. The van der Waals surface area contributed by atoms with Crippen LogP contribution in [0.5, 0.6) is 0 Å². The number of rotatable bonds is 2. The monoisotopic (exact) mass is 297 g/mol. The van der Waals surface area contributed by atoms with Crippen molar-refractivity contribution in [1.29, 1.82) is 0 Å². The van der Waals surface area contributed by atoms with Crippen molar-refractivity contribution in [2.45, 2.75) is 31.6 Å². The fourth-order valence-electron chi connectivity index (χ4n) is 2.78. The molecule has 0 unspecified atom stereocenters. The Morgan fingerprint density at radius 1 is 1.33 bits per heavy atom. The molecule has 21 heavy (non-hydrogen) atoms. The Morgan fingerprint density at radius 3 is 2.86 bits per heavy atom. The molecule has 0 spiro atoms. The number of hydrogen-bond acceptors (Lipinski definition) is 2. The molecule has 1 atom stereocenters. The number of para-hydroxylation sites is 1. The van der Waals surface area contributed by atoms with E-state index in [-0.39, 0.29) is 19.5 Å². The van der Waals surface area contributed by atoms with Crippen molar-refractivity contribution in [1.82, 2.24) is 14.7 Å². The third-order valence-corrected chi connectivity index (χ3v) is 3.79. The Labute approximate surface area is 119 Å². The number of likely N-dealkylation sites (tertiary alicyclic amines) is 1. The lowest BCUT2D eigenvalue weighted by Gasteiger charge is -2.26. The van der Waals surface area contributed by atoms with Crippen LogP contribution in [0.2, 0.25) is 0 Å². The maximum Gasteiger partial charge on any atom is 0.408 e. The summed E-state index contributed by atoms with van der Waals surface area (Å²) in [5, 5.41) is 4.94. The second-order valence-corrected chi connectivity index (χ2v) is 5.15. The number of alkyl halides is 3. The Kier molecular flexibility index (Phi) is 3.35. The van der Waals surface area contributed by atoms with Crippen molar-refractivity contribution in [2.75, 3.05) is 6.54 Å². The first-order valence-electron chi connectivity index (χ1n) is 6.73. The molecule has 1 aliphatic rings. The maximum atomic E-state index is 12.9. The number of amides is 1. The molecule has 3 rings (SSSR count). The standard InChI is InChI=1S/C14H14F3N3O/c15-14(16,17)12-6-3-7-19(12)13(21)9-20-11-5-2-1-4-10(11)8-18-20/h1-2,4-5,8,12H,3,6-7,9H2/t12-/m0/s1. The first-order chi connectivity index (χ1) is 9.97. The lowest BCUT2D eigenvalue weighted by molar-refractivity contribution is -0.183. The van der Waals surface area contributed by atoms with Crippen LogP contribution in [0.1, 0.15) is 12.8 Å². The molecule has 0 radical (unpaired) electrons. The zero-order chi connectivity index (χ0) is 15.0. The van der Waals surface area contributed by atoms with Gasteiger partial charge in [-0.3, -0.25) is 9.48 Å². The third kappa shape index (κ3) is 2.59. The summed E-state index contributed by atoms with van der Waals surface area (Å²) < 4.78 is 40.1.